The van der Waals surface area contributed by atoms with Crippen LogP contribution >= 0.6 is 0 Å². The van der Waals surface area contributed by atoms with Gasteiger partial charge in [0.1, 0.15) is 0 Å². The minimum Gasteiger partial charge on any atom is -0.382 e. The lowest BCUT2D eigenvalue weighted by molar-refractivity contribution is 0.108. The quantitative estimate of drug-likeness (QED) is 0.319. The Morgan fingerprint density at radius 3 is 2.46 bits per heavy atom. The first-order valence-corrected chi connectivity index (χ1v) is 4.96. The molecule has 0 rings (SSSR count). The number of hydrogen-bond acceptors (Lipinski definition) is 4. The summed E-state index contributed by atoms with van der Waals surface area (Å²) < 4.78 is 10.5. The lowest BCUT2D eigenvalue weighted by atomic mass is 10.2. The van der Waals surface area contributed by atoms with Crippen LogP contribution in [0.2, 0.25) is 0 Å². The third kappa shape index (κ3) is 8.18. The first-order valence-electron chi connectivity index (χ1n) is 4.96. The Kier molecular flexibility index (Phi) is 9.80. The second-order valence-electron chi connectivity index (χ2n) is 2.86. The van der Waals surface area contributed by atoms with Gasteiger partial charge in [-0.25, -0.2) is 0 Å². The van der Waals surface area contributed by atoms with E-state index in [4.69, 9.17) is 15.3 Å². The zero-order valence-electron chi connectivity index (χ0n) is 8.71. The van der Waals surface area contributed by atoms with Gasteiger partial charge in [-0.1, -0.05) is 0 Å². The number of ether oxygens (including phenoxy) is 2. The Morgan fingerprint density at radius 2 is 1.92 bits per heavy atom. The molecule has 0 bridgehead atoms. The second-order valence-corrected chi connectivity index (χ2v) is 2.86. The highest BCUT2D eigenvalue weighted by Gasteiger charge is 2.05. The summed E-state index contributed by atoms with van der Waals surface area (Å²) in [6, 6.07) is 0.250. The molecule has 0 saturated heterocycles. The predicted octanol–water partition coefficient (Wildman–Crippen LogP) is 0.672. The van der Waals surface area contributed by atoms with Crippen molar-refractivity contribution in [2.24, 2.45) is 5.84 Å². The van der Waals surface area contributed by atoms with Crippen molar-refractivity contribution in [3.8, 4) is 0 Å². The lowest BCUT2D eigenvalue weighted by Gasteiger charge is -2.15. The monoisotopic (exact) mass is 190 g/mol. The van der Waals surface area contributed by atoms with E-state index in [1.807, 2.05) is 13.8 Å². The third-order valence-electron chi connectivity index (χ3n) is 1.80. The van der Waals surface area contributed by atoms with E-state index in [0.29, 0.717) is 6.61 Å². The largest absolute Gasteiger partial charge is 0.382 e. The Hall–Kier alpha value is -0.160. The topological polar surface area (TPSA) is 56.5 Å². The van der Waals surface area contributed by atoms with E-state index in [1.165, 1.54) is 0 Å². The molecule has 3 N–H and O–H groups in total. The van der Waals surface area contributed by atoms with Crippen LogP contribution < -0.4 is 11.3 Å². The van der Waals surface area contributed by atoms with Crippen LogP contribution in [0.15, 0.2) is 0 Å². The number of nitrogens with two attached hydrogens (primary N) is 1. The van der Waals surface area contributed by atoms with E-state index >= 15 is 0 Å². The highest BCUT2D eigenvalue weighted by atomic mass is 16.5. The van der Waals surface area contributed by atoms with E-state index in [1.54, 1.807) is 0 Å². The molecule has 0 saturated carbocycles. The fraction of sp³-hybridized carbons (Fsp3) is 1.00. The second kappa shape index (κ2) is 9.92. The summed E-state index contributed by atoms with van der Waals surface area (Å²) in [5.74, 6) is 5.36. The van der Waals surface area contributed by atoms with Crippen molar-refractivity contribution in [3.05, 3.63) is 0 Å². The molecule has 4 heteroatoms. The van der Waals surface area contributed by atoms with Crippen LogP contribution in [0.3, 0.4) is 0 Å². The maximum absolute atomic E-state index is 5.36. The van der Waals surface area contributed by atoms with E-state index in [-0.39, 0.29) is 6.04 Å². The molecule has 0 fully saturated rings. The van der Waals surface area contributed by atoms with Crippen molar-refractivity contribution in [1.29, 1.82) is 0 Å². The molecule has 0 heterocycles. The first kappa shape index (κ1) is 12.8. The predicted molar refractivity (Wildman–Crippen MR) is 53.3 cm³/mol. The van der Waals surface area contributed by atoms with Crippen LogP contribution in [-0.4, -0.2) is 32.5 Å². The van der Waals surface area contributed by atoms with E-state index in [0.717, 1.165) is 32.7 Å². The Morgan fingerprint density at radius 1 is 1.23 bits per heavy atom. The Balaban J connectivity index is 3.25. The SMILES string of the molecule is CCOCCCC(COCC)NN. The van der Waals surface area contributed by atoms with Gasteiger partial charge >= 0.3 is 0 Å². The van der Waals surface area contributed by atoms with Crippen molar-refractivity contribution < 1.29 is 9.47 Å². The molecule has 80 valence electrons. The molecule has 1 atom stereocenters. The van der Waals surface area contributed by atoms with Crippen LogP contribution in [0.4, 0.5) is 0 Å². The molecule has 1 unspecified atom stereocenters. The maximum Gasteiger partial charge on any atom is 0.0632 e. The molecule has 0 aromatic heterocycles. The molecule has 0 aliphatic carbocycles. The fourth-order valence-electron chi connectivity index (χ4n) is 1.05. The van der Waals surface area contributed by atoms with E-state index < -0.39 is 0 Å². The van der Waals surface area contributed by atoms with Gasteiger partial charge in [0.15, 0.2) is 0 Å². The third-order valence-corrected chi connectivity index (χ3v) is 1.80. The zero-order valence-corrected chi connectivity index (χ0v) is 8.71. The minimum absolute atomic E-state index is 0.250. The molecular weight excluding hydrogens is 168 g/mol. The fourth-order valence-corrected chi connectivity index (χ4v) is 1.05. The normalized spacial score (nSPS) is 13.2. The Labute approximate surface area is 80.7 Å². The molecule has 0 radical (unpaired) electrons. The summed E-state index contributed by atoms with van der Waals surface area (Å²) in [6.45, 7) is 6.99. The van der Waals surface area contributed by atoms with Crippen molar-refractivity contribution in [2.75, 3.05) is 26.4 Å². The summed E-state index contributed by atoms with van der Waals surface area (Å²) in [5, 5.41) is 0. The van der Waals surface area contributed by atoms with Gasteiger partial charge in [0.25, 0.3) is 0 Å². The summed E-state index contributed by atoms with van der Waals surface area (Å²) in [7, 11) is 0. The zero-order chi connectivity index (χ0) is 9.94. The summed E-state index contributed by atoms with van der Waals surface area (Å²) in [4.78, 5) is 0. The minimum atomic E-state index is 0.250. The molecular formula is C9H22N2O2. The van der Waals surface area contributed by atoms with Crippen molar-refractivity contribution in [2.45, 2.75) is 32.7 Å². The highest BCUT2D eigenvalue weighted by molar-refractivity contribution is 4.61. The number of hydrogen-bond donors (Lipinski definition) is 2. The standard InChI is InChI=1S/C9H22N2O2/c1-3-12-7-5-6-9(11-10)8-13-4-2/h9,11H,3-8,10H2,1-2H3. The number of hydrazine groups is 1. The number of nitrogens with one attached hydrogen (secondary N) is 1. The van der Waals surface area contributed by atoms with Crippen molar-refractivity contribution in [1.82, 2.24) is 5.43 Å². The average Bonchev–Trinajstić information content (AvgIpc) is 2.17. The summed E-state index contributed by atoms with van der Waals surface area (Å²) >= 11 is 0. The molecule has 13 heavy (non-hydrogen) atoms. The van der Waals surface area contributed by atoms with E-state index in [9.17, 15) is 0 Å². The summed E-state index contributed by atoms with van der Waals surface area (Å²) in [6.07, 6.45) is 2.02. The van der Waals surface area contributed by atoms with E-state index in [2.05, 4.69) is 5.43 Å². The molecule has 0 aliphatic heterocycles. The van der Waals surface area contributed by atoms with Crippen molar-refractivity contribution >= 4 is 0 Å². The van der Waals surface area contributed by atoms with Crippen molar-refractivity contribution in [3.63, 3.8) is 0 Å². The molecule has 0 spiro atoms. The smallest absolute Gasteiger partial charge is 0.0632 e. The highest BCUT2D eigenvalue weighted by Crippen LogP contribution is 1.97. The first-order chi connectivity index (χ1) is 6.35. The maximum atomic E-state index is 5.36. The van der Waals surface area contributed by atoms with Gasteiger partial charge in [-0.15, -0.1) is 0 Å². The van der Waals surface area contributed by atoms with Crippen LogP contribution in [0.5, 0.6) is 0 Å². The summed E-state index contributed by atoms with van der Waals surface area (Å²) in [5.41, 5.74) is 2.73. The number of rotatable bonds is 9. The van der Waals surface area contributed by atoms with Gasteiger partial charge in [0.05, 0.1) is 6.61 Å². The van der Waals surface area contributed by atoms with Crippen LogP contribution in [0, 0.1) is 0 Å². The van der Waals surface area contributed by atoms with Gasteiger partial charge < -0.3 is 9.47 Å². The molecule has 0 aromatic carbocycles. The molecule has 0 aliphatic rings. The average molecular weight is 190 g/mol. The lowest BCUT2D eigenvalue weighted by Crippen LogP contribution is -2.38. The molecule has 4 nitrogen and oxygen atoms in total. The van der Waals surface area contributed by atoms with Gasteiger partial charge in [-0.3, -0.25) is 11.3 Å². The van der Waals surface area contributed by atoms with Crippen LogP contribution in [-0.2, 0) is 9.47 Å². The van der Waals surface area contributed by atoms with Gasteiger partial charge in [0.2, 0.25) is 0 Å². The van der Waals surface area contributed by atoms with Crippen LogP contribution in [0.25, 0.3) is 0 Å². The molecule has 0 amide bonds. The van der Waals surface area contributed by atoms with Gasteiger partial charge in [0, 0.05) is 25.9 Å². The Bertz CT molecular complexity index is 102. The van der Waals surface area contributed by atoms with Gasteiger partial charge in [-0.2, -0.15) is 0 Å². The molecule has 0 aromatic rings. The van der Waals surface area contributed by atoms with Gasteiger partial charge in [-0.05, 0) is 26.7 Å². The van der Waals surface area contributed by atoms with Crippen LogP contribution in [0.1, 0.15) is 26.7 Å².